The minimum Gasteiger partial charge on any atom is -0.370 e. The molecule has 0 saturated carbocycles. The molecule has 154 valence electrons. The van der Waals surface area contributed by atoms with Crippen molar-refractivity contribution in [2.45, 2.75) is 59.3 Å². The van der Waals surface area contributed by atoms with E-state index in [-0.39, 0.29) is 5.96 Å². The van der Waals surface area contributed by atoms with Gasteiger partial charge in [-0.15, -0.1) is 0 Å². The largest absolute Gasteiger partial charge is 0.370 e. The van der Waals surface area contributed by atoms with Gasteiger partial charge in [0.15, 0.2) is 5.96 Å². The minimum absolute atomic E-state index is 0.166. The van der Waals surface area contributed by atoms with Gasteiger partial charge in [-0.3, -0.25) is 4.99 Å². The molecule has 0 saturated heterocycles. The lowest BCUT2D eigenvalue weighted by molar-refractivity contribution is 0.660. The third kappa shape index (κ3) is 9.81. The van der Waals surface area contributed by atoms with Crippen LogP contribution in [0.5, 0.6) is 0 Å². The maximum atomic E-state index is 5.31. The Morgan fingerprint density at radius 2 is 1.44 bits per heavy atom. The third-order valence-corrected chi connectivity index (χ3v) is 4.15. The van der Waals surface area contributed by atoms with Gasteiger partial charge in [-0.25, -0.2) is 0 Å². The van der Waals surface area contributed by atoms with E-state index < -0.39 is 0 Å². The van der Waals surface area contributed by atoms with Crippen LogP contribution in [0.25, 0.3) is 0 Å². The second-order valence-corrected chi connectivity index (χ2v) is 6.38. The van der Waals surface area contributed by atoms with Crippen LogP contribution in [-0.4, -0.2) is 53.6 Å². The second-order valence-electron chi connectivity index (χ2n) is 6.38. The molecule has 0 spiro atoms. The van der Waals surface area contributed by atoms with Crippen LogP contribution in [-0.2, 0) is 0 Å². The summed E-state index contributed by atoms with van der Waals surface area (Å²) in [5.74, 6) is 2.15. The van der Waals surface area contributed by atoms with Crippen molar-refractivity contribution >= 4 is 23.8 Å². The fourth-order valence-electron chi connectivity index (χ4n) is 2.55. The molecule has 9 heteroatoms. The molecule has 1 heterocycles. The van der Waals surface area contributed by atoms with Crippen LogP contribution in [0, 0.1) is 0 Å². The Bertz CT molecular complexity index is 540. The van der Waals surface area contributed by atoms with E-state index in [1.54, 1.807) is 0 Å². The molecule has 6 N–H and O–H groups in total. The average Bonchev–Trinajstić information content (AvgIpc) is 2.65. The first kappa shape index (κ1) is 22.7. The normalized spacial score (nSPS) is 10.5. The van der Waals surface area contributed by atoms with Gasteiger partial charge < -0.3 is 27.0 Å². The molecule has 0 aliphatic rings. The highest BCUT2D eigenvalue weighted by Gasteiger charge is 2.10. The van der Waals surface area contributed by atoms with Crippen molar-refractivity contribution in [3.63, 3.8) is 0 Å². The van der Waals surface area contributed by atoms with Crippen molar-refractivity contribution in [3.05, 3.63) is 0 Å². The highest BCUT2D eigenvalue weighted by Crippen LogP contribution is 2.14. The van der Waals surface area contributed by atoms with Gasteiger partial charge in [0.25, 0.3) is 0 Å². The molecule has 0 aliphatic heterocycles. The van der Waals surface area contributed by atoms with E-state index in [4.69, 9.17) is 11.5 Å². The second kappa shape index (κ2) is 13.8. The van der Waals surface area contributed by atoms with Gasteiger partial charge in [-0.1, -0.05) is 26.2 Å². The lowest BCUT2D eigenvalue weighted by Crippen LogP contribution is -2.25. The van der Waals surface area contributed by atoms with Gasteiger partial charge in [0.1, 0.15) is 0 Å². The molecule has 0 fully saturated rings. The summed E-state index contributed by atoms with van der Waals surface area (Å²) in [5.41, 5.74) is 10.6. The van der Waals surface area contributed by atoms with Gasteiger partial charge >= 0.3 is 0 Å². The summed E-state index contributed by atoms with van der Waals surface area (Å²) in [7, 11) is 0. The van der Waals surface area contributed by atoms with Crippen LogP contribution in [0.15, 0.2) is 4.99 Å². The van der Waals surface area contributed by atoms with Crippen molar-refractivity contribution < 1.29 is 0 Å². The number of unbranched alkanes of at least 4 members (excludes halogenated alkanes) is 4. The first-order valence-electron chi connectivity index (χ1n) is 10.1. The first-order valence-corrected chi connectivity index (χ1v) is 10.1. The van der Waals surface area contributed by atoms with Gasteiger partial charge in [0, 0.05) is 32.7 Å². The summed E-state index contributed by atoms with van der Waals surface area (Å²) in [6, 6.07) is 0. The molecule has 0 unspecified atom stereocenters. The molecule has 1 aromatic rings. The number of hydrogen-bond donors (Lipinski definition) is 4. The Hall–Kier alpha value is -2.32. The van der Waals surface area contributed by atoms with Crippen molar-refractivity contribution in [2.75, 3.05) is 48.3 Å². The predicted octanol–water partition coefficient (Wildman–Crippen LogP) is 2.18. The molecule has 27 heavy (non-hydrogen) atoms. The molecule has 0 atom stereocenters. The number of aliphatic imine (C=N–C) groups is 1. The van der Waals surface area contributed by atoms with Gasteiger partial charge in [0.05, 0.1) is 0 Å². The molecular weight excluding hydrogens is 342 g/mol. The molecule has 1 rings (SSSR count). The molecule has 9 nitrogen and oxygen atoms in total. The van der Waals surface area contributed by atoms with Crippen LogP contribution in [0.3, 0.4) is 0 Å². The van der Waals surface area contributed by atoms with Crippen LogP contribution in [0.1, 0.15) is 59.3 Å². The van der Waals surface area contributed by atoms with E-state index in [1.807, 2.05) is 0 Å². The molecule has 0 aliphatic carbocycles. The maximum Gasteiger partial charge on any atom is 0.231 e. The minimum atomic E-state index is 0.166. The average molecular weight is 380 g/mol. The number of anilines is 3. The Labute approximate surface area is 163 Å². The quantitative estimate of drug-likeness (QED) is 0.207. The Morgan fingerprint density at radius 1 is 0.852 bits per heavy atom. The van der Waals surface area contributed by atoms with Crippen molar-refractivity contribution in [2.24, 2.45) is 16.5 Å². The predicted molar refractivity (Wildman–Crippen MR) is 114 cm³/mol. The van der Waals surface area contributed by atoms with Crippen LogP contribution in [0.4, 0.5) is 17.8 Å². The highest BCUT2D eigenvalue weighted by molar-refractivity contribution is 5.75. The molecule has 0 aromatic carbocycles. The van der Waals surface area contributed by atoms with Gasteiger partial charge in [0.2, 0.25) is 17.8 Å². The first-order chi connectivity index (χ1) is 13.1. The number of aromatic nitrogens is 3. The molecule has 0 amide bonds. The maximum absolute atomic E-state index is 5.31. The SMILES string of the molecule is CCCCNc1nc(NCCCCCCN=C(N)N)nc(N(CC)CC)n1. The highest BCUT2D eigenvalue weighted by atomic mass is 15.3. The summed E-state index contributed by atoms with van der Waals surface area (Å²) in [6.45, 7) is 10.5. The number of nitrogens with two attached hydrogens (primary N) is 2. The lowest BCUT2D eigenvalue weighted by atomic mass is 10.2. The number of rotatable bonds is 15. The van der Waals surface area contributed by atoms with E-state index in [9.17, 15) is 0 Å². The molecular formula is C18H37N9. The molecule has 0 radical (unpaired) electrons. The fraction of sp³-hybridized carbons (Fsp3) is 0.778. The summed E-state index contributed by atoms with van der Waals surface area (Å²) >= 11 is 0. The van der Waals surface area contributed by atoms with Gasteiger partial charge in [-0.2, -0.15) is 15.0 Å². The van der Waals surface area contributed by atoms with E-state index in [1.165, 1.54) is 0 Å². The molecule has 1 aromatic heterocycles. The summed E-state index contributed by atoms with van der Waals surface area (Å²) in [5, 5.41) is 6.63. The van der Waals surface area contributed by atoms with E-state index in [0.29, 0.717) is 24.4 Å². The lowest BCUT2D eigenvalue weighted by Gasteiger charge is -2.20. The van der Waals surface area contributed by atoms with Crippen LogP contribution >= 0.6 is 0 Å². The summed E-state index contributed by atoms with van der Waals surface area (Å²) in [6.07, 6.45) is 6.49. The zero-order valence-electron chi connectivity index (χ0n) is 17.2. The van der Waals surface area contributed by atoms with Crippen LogP contribution < -0.4 is 27.0 Å². The molecule has 0 bridgehead atoms. The Morgan fingerprint density at radius 3 is 2.00 bits per heavy atom. The van der Waals surface area contributed by atoms with E-state index in [2.05, 4.69) is 56.2 Å². The number of hydrogen-bond acceptors (Lipinski definition) is 7. The zero-order chi connectivity index (χ0) is 19.9. The Balaban J connectivity index is 2.52. The monoisotopic (exact) mass is 379 g/mol. The van der Waals surface area contributed by atoms with Crippen molar-refractivity contribution in [1.29, 1.82) is 0 Å². The van der Waals surface area contributed by atoms with Crippen molar-refractivity contribution in [3.8, 4) is 0 Å². The fourth-order valence-corrected chi connectivity index (χ4v) is 2.55. The number of guanidine groups is 1. The topological polar surface area (TPSA) is 130 Å². The number of nitrogens with zero attached hydrogens (tertiary/aromatic N) is 5. The van der Waals surface area contributed by atoms with E-state index >= 15 is 0 Å². The third-order valence-electron chi connectivity index (χ3n) is 4.15. The van der Waals surface area contributed by atoms with Crippen molar-refractivity contribution in [1.82, 2.24) is 15.0 Å². The smallest absolute Gasteiger partial charge is 0.231 e. The standard InChI is InChI=1S/C18H37N9/c1-4-7-12-22-16-24-17(26-18(25-16)27(5-2)6-3)23-14-11-9-8-10-13-21-15(19)20/h4-14H2,1-3H3,(H4,19,20,21)(H2,22,23,24,25,26). The summed E-state index contributed by atoms with van der Waals surface area (Å²) < 4.78 is 0. The summed E-state index contributed by atoms with van der Waals surface area (Å²) in [4.78, 5) is 19.8. The van der Waals surface area contributed by atoms with E-state index in [0.717, 1.165) is 64.7 Å². The zero-order valence-corrected chi connectivity index (χ0v) is 17.2. The number of nitrogens with one attached hydrogen (secondary N) is 2. The Kier molecular flexibility index (Phi) is 11.6. The van der Waals surface area contributed by atoms with Gasteiger partial charge in [-0.05, 0) is 33.1 Å². The van der Waals surface area contributed by atoms with Crippen LogP contribution in [0.2, 0.25) is 0 Å².